The van der Waals surface area contributed by atoms with E-state index in [0.717, 1.165) is 31.2 Å². The van der Waals surface area contributed by atoms with Crippen molar-refractivity contribution in [2.75, 3.05) is 13.1 Å². The Morgan fingerprint density at radius 3 is 2.87 bits per heavy atom. The quantitative estimate of drug-likeness (QED) is 0.799. The van der Waals surface area contributed by atoms with Crippen LogP contribution in [0.3, 0.4) is 0 Å². The predicted octanol–water partition coefficient (Wildman–Crippen LogP) is 2.85. The highest BCUT2D eigenvalue weighted by Crippen LogP contribution is 2.11. The molecular weight excluding hydrogens is 224 g/mol. The van der Waals surface area contributed by atoms with Crippen molar-refractivity contribution in [3.8, 4) is 0 Å². The van der Waals surface area contributed by atoms with Crippen molar-refractivity contribution in [1.82, 2.24) is 10.2 Å². The van der Waals surface area contributed by atoms with Crippen LogP contribution in [0.2, 0.25) is 0 Å². The van der Waals surface area contributed by atoms with Crippen molar-refractivity contribution in [2.24, 2.45) is 0 Å². The van der Waals surface area contributed by atoms with Crippen LogP contribution in [0.25, 0.3) is 0 Å². The Morgan fingerprint density at radius 1 is 1.53 bits per heavy atom. The van der Waals surface area contributed by atoms with E-state index in [1.54, 1.807) is 11.3 Å². The van der Waals surface area contributed by atoms with Gasteiger partial charge >= 0.3 is 0 Å². The third-order valence-electron chi connectivity index (χ3n) is 2.12. The molecule has 1 aromatic rings. The Labute approximate surface area is 101 Å². The summed E-state index contributed by atoms with van der Waals surface area (Å²) in [4.78, 5) is 3.55. The standard InChI is InChI=1S/C11H18N2S2/c1-3-7-12-11(14)13(4-2)9-10-6-5-8-15-10/h5-6,8H,3-4,7,9H2,1-2H3,(H,12,14). The monoisotopic (exact) mass is 242 g/mol. The fourth-order valence-corrected chi connectivity index (χ4v) is 2.28. The summed E-state index contributed by atoms with van der Waals surface area (Å²) in [7, 11) is 0. The highest BCUT2D eigenvalue weighted by molar-refractivity contribution is 7.80. The lowest BCUT2D eigenvalue weighted by Gasteiger charge is -2.23. The van der Waals surface area contributed by atoms with E-state index in [4.69, 9.17) is 12.2 Å². The SMILES string of the molecule is CCCNC(=S)N(CC)Cc1cccs1. The summed E-state index contributed by atoms with van der Waals surface area (Å²) in [6.07, 6.45) is 1.11. The van der Waals surface area contributed by atoms with Gasteiger partial charge in [0.2, 0.25) is 0 Å². The molecule has 15 heavy (non-hydrogen) atoms. The first-order chi connectivity index (χ1) is 7.27. The molecular formula is C11H18N2S2. The second kappa shape index (κ2) is 6.80. The Morgan fingerprint density at radius 2 is 2.33 bits per heavy atom. The number of nitrogens with zero attached hydrogens (tertiary/aromatic N) is 1. The fourth-order valence-electron chi connectivity index (χ4n) is 1.26. The second-order valence-corrected chi connectivity index (χ2v) is 4.74. The summed E-state index contributed by atoms with van der Waals surface area (Å²) in [6, 6.07) is 4.23. The zero-order chi connectivity index (χ0) is 11.1. The minimum atomic E-state index is 0.868. The van der Waals surface area contributed by atoms with Gasteiger partial charge in [-0.3, -0.25) is 0 Å². The van der Waals surface area contributed by atoms with Crippen LogP contribution in [-0.2, 0) is 6.54 Å². The van der Waals surface area contributed by atoms with Gasteiger partial charge in [0.15, 0.2) is 5.11 Å². The molecule has 1 heterocycles. The summed E-state index contributed by atoms with van der Waals surface area (Å²) in [5.74, 6) is 0. The highest BCUT2D eigenvalue weighted by atomic mass is 32.1. The van der Waals surface area contributed by atoms with Crippen LogP contribution in [-0.4, -0.2) is 23.1 Å². The normalized spacial score (nSPS) is 10.0. The van der Waals surface area contributed by atoms with E-state index in [-0.39, 0.29) is 0 Å². The van der Waals surface area contributed by atoms with Gasteiger partial charge in [-0.2, -0.15) is 0 Å². The van der Waals surface area contributed by atoms with Crippen LogP contribution in [0.5, 0.6) is 0 Å². The highest BCUT2D eigenvalue weighted by Gasteiger charge is 2.07. The molecule has 2 nitrogen and oxygen atoms in total. The molecule has 1 aromatic heterocycles. The molecule has 0 aromatic carbocycles. The summed E-state index contributed by atoms with van der Waals surface area (Å²) < 4.78 is 0. The summed E-state index contributed by atoms with van der Waals surface area (Å²) in [6.45, 7) is 7.11. The molecule has 0 aliphatic heterocycles. The van der Waals surface area contributed by atoms with Crippen LogP contribution in [0.15, 0.2) is 17.5 Å². The lowest BCUT2D eigenvalue weighted by molar-refractivity contribution is 0.431. The number of thiocarbonyl (C=S) groups is 1. The first-order valence-electron chi connectivity index (χ1n) is 5.33. The predicted molar refractivity (Wildman–Crippen MR) is 71.3 cm³/mol. The lowest BCUT2D eigenvalue weighted by Crippen LogP contribution is -2.39. The molecule has 0 spiro atoms. The van der Waals surface area contributed by atoms with Gasteiger partial charge in [-0.15, -0.1) is 11.3 Å². The van der Waals surface area contributed by atoms with Crippen molar-refractivity contribution < 1.29 is 0 Å². The van der Waals surface area contributed by atoms with E-state index in [2.05, 4.69) is 41.6 Å². The first-order valence-corrected chi connectivity index (χ1v) is 6.61. The Hall–Kier alpha value is -0.610. The lowest BCUT2D eigenvalue weighted by atomic mass is 10.4. The maximum atomic E-state index is 5.33. The molecule has 84 valence electrons. The number of thiophene rings is 1. The molecule has 0 unspecified atom stereocenters. The molecule has 0 radical (unpaired) electrons. The molecule has 0 fully saturated rings. The van der Waals surface area contributed by atoms with E-state index in [1.807, 2.05) is 0 Å². The average molecular weight is 242 g/mol. The zero-order valence-electron chi connectivity index (χ0n) is 9.32. The third-order valence-corrected chi connectivity index (χ3v) is 3.39. The Balaban J connectivity index is 2.44. The van der Waals surface area contributed by atoms with E-state index in [0.29, 0.717) is 0 Å². The van der Waals surface area contributed by atoms with Gasteiger partial charge in [-0.1, -0.05) is 13.0 Å². The summed E-state index contributed by atoms with van der Waals surface area (Å²) >= 11 is 7.11. The molecule has 0 aliphatic rings. The molecule has 4 heteroatoms. The van der Waals surface area contributed by atoms with Gasteiger partial charge in [0.25, 0.3) is 0 Å². The third kappa shape index (κ3) is 4.18. The smallest absolute Gasteiger partial charge is 0.169 e. The van der Waals surface area contributed by atoms with E-state index in [1.165, 1.54) is 4.88 Å². The largest absolute Gasteiger partial charge is 0.363 e. The number of hydrogen-bond acceptors (Lipinski definition) is 2. The van der Waals surface area contributed by atoms with Gasteiger partial charge in [0, 0.05) is 18.0 Å². The number of hydrogen-bond donors (Lipinski definition) is 1. The van der Waals surface area contributed by atoms with Crippen molar-refractivity contribution in [3.63, 3.8) is 0 Å². The topological polar surface area (TPSA) is 15.3 Å². The minimum Gasteiger partial charge on any atom is -0.363 e. The number of rotatable bonds is 5. The molecule has 0 atom stereocenters. The van der Waals surface area contributed by atoms with Crippen molar-refractivity contribution in [1.29, 1.82) is 0 Å². The molecule has 0 saturated carbocycles. The van der Waals surface area contributed by atoms with Crippen molar-refractivity contribution >= 4 is 28.7 Å². The van der Waals surface area contributed by atoms with Crippen LogP contribution in [0, 0.1) is 0 Å². The van der Waals surface area contributed by atoms with Crippen LogP contribution < -0.4 is 5.32 Å². The van der Waals surface area contributed by atoms with Crippen LogP contribution in [0.1, 0.15) is 25.1 Å². The van der Waals surface area contributed by atoms with Crippen molar-refractivity contribution in [2.45, 2.75) is 26.8 Å². The number of nitrogens with one attached hydrogen (secondary N) is 1. The van der Waals surface area contributed by atoms with Gasteiger partial charge in [0.05, 0.1) is 6.54 Å². The maximum Gasteiger partial charge on any atom is 0.169 e. The van der Waals surface area contributed by atoms with Crippen LogP contribution in [0.4, 0.5) is 0 Å². The Bertz CT molecular complexity index is 283. The van der Waals surface area contributed by atoms with Gasteiger partial charge < -0.3 is 10.2 Å². The van der Waals surface area contributed by atoms with Gasteiger partial charge in [0.1, 0.15) is 0 Å². The summed E-state index contributed by atoms with van der Waals surface area (Å²) in [5.41, 5.74) is 0. The van der Waals surface area contributed by atoms with Gasteiger partial charge in [-0.25, -0.2) is 0 Å². The zero-order valence-corrected chi connectivity index (χ0v) is 11.0. The van der Waals surface area contributed by atoms with E-state index >= 15 is 0 Å². The minimum absolute atomic E-state index is 0.868. The fraction of sp³-hybridized carbons (Fsp3) is 0.545. The molecule has 0 aliphatic carbocycles. The molecule has 0 saturated heterocycles. The van der Waals surface area contributed by atoms with Crippen molar-refractivity contribution in [3.05, 3.63) is 22.4 Å². The molecule has 0 bridgehead atoms. The van der Waals surface area contributed by atoms with Crippen LogP contribution >= 0.6 is 23.6 Å². The maximum absolute atomic E-state index is 5.33. The van der Waals surface area contributed by atoms with E-state index in [9.17, 15) is 0 Å². The second-order valence-electron chi connectivity index (χ2n) is 3.33. The Kier molecular flexibility index (Phi) is 5.65. The summed E-state index contributed by atoms with van der Waals surface area (Å²) in [5, 5.41) is 6.23. The van der Waals surface area contributed by atoms with E-state index < -0.39 is 0 Å². The average Bonchev–Trinajstić information content (AvgIpc) is 2.75. The first kappa shape index (κ1) is 12.5. The van der Waals surface area contributed by atoms with Gasteiger partial charge in [-0.05, 0) is 37.0 Å². The molecule has 1 rings (SSSR count). The molecule has 1 N–H and O–H groups in total. The molecule has 0 amide bonds.